The number of carbonyl (C=O) groups excluding carboxylic acids is 2. The topological polar surface area (TPSA) is 104 Å². The Kier molecular flexibility index (Phi) is 5.35. The van der Waals surface area contributed by atoms with Crippen molar-refractivity contribution in [1.82, 2.24) is 4.98 Å². The number of nitrogens with zero attached hydrogens (tertiary/aromatic N) is 2. The lowest BCUT2D eigenvalue weighted by molar-refractivity contribution is 0.0600. The van der Waals surface area contributed by atoms with Crippen LogP contribution in [-0.4, -0.2) is 24.1 Å². The maximum absolute atomic E-state index is 12.1. The SMILES string of the molecule is COC(=O)c1cc(C)nc(NC(=O)Nc2cccc(Cl)c2)c1C#N. The summed E-state index contributed by atoms with van der Waals surface area (Å²) in [4.78, 5) is 28.0. The molecule has 0 aliphatic heterocycles. The van der Waals surface area contributed by atoms with Gasteiger partial charge < -0.3 is 10.1 Å². The number of benzene rings is 1. The zero-order valence-corrected chi connectivity index (χ0v) is 13.6. The van der Waals surface area contributed by atoms with Gasteiger partial charge in [-0.15, -0.1) is 0 Å². The Morgan fingerprint density at radius 1 is 1.29 bits per heavy atom. The van der Waals surface area contributed by atoms with E-state index >= 15 is 0 Å². The molecule has 0 saturated heterocycles. The molecule has 0 aliphatic carbocycles. The normalized spacial score (nSPS) is 9.75. The Bertz CT molecular complexity index is 846. The highest BCUT2D eigenvalue weighted by molar-refractivity contribution is 6.30. The van der Waals surface area contributed by atoms with Crippen molar-refractivity contribution < 1.29 is 14.3 Å². The average Bonchev–Trinajstić information content (AvgIpc) is 2.53. The number of esters is 1. The van der Waals surface area contributed by atoms with E-state index in [2.05, 4.69) is 20.4 Å². The molecule has 8 heteroatoms. The minimum absolute atomic E-state index is 0.0302. The molecule has 24 heavy (non-hydrogen) atoms. The first-order valence-electron chi connectivity index (χ1n) is 6.78. The molecular formula is C16H13ClN4O3. The van der Waals surface area contributed by atoms with Gasteiger partial charge in [0.1, 0.15) is 11.6 Å². The lowest BCUT2D eigenvalue weighted by Gasteiger charge is -2.11. The third kappa shape index (κ3) is 4.00. The Morgan fingerprint density at radius 3 is 2.67 bits per heavy atom. The number of rotatable bonds is 3. The average molecular weight is 345 g/mol. The molecule has 2 amide bonds. The van der Waals surface area contributed by atoms with E-state index in [1.165, 1.54) is 13.2 Å². The molecule has 0 aliphatic rings. The summed E-state index contributed by atoms with van der Waals surface area (Å²) in [6.07, 6.45) is 0. The van der Waals surface area contributed by atoms with Gasteiger partial charge >= 0.3 is 12.0 Å². The van der Waals surface area contributed by atoms with Crippen LogP contribution in [-0.2, 0) is 4.74 Å². The summed E-state index contributed by atoms with van der Waals surface area (Å²) in [5, 5.41) is 14.8. The van der Waals surface area contributed by atoms with Crippen molar-refractivity contribution in [2.75, 3.05) is 17.7 Å². The molecule has 0 atom stereocenters. The number of anilines is 2. The number of hydrogen-bond donors (Lipinski definition) is 2. The predicted octanol–water partition coefficient (Wildman–Crippen LogP) is 3.35. The maximum atomic E-state index is 12.1. The first kappa shape index (κ1) is 17.2. The van der Waals surface area contributed by atoms with Crippen LogP contribution in [0.2, 0.25) is 5.02 Å². The van der Waals surface area contributed by atoms with Gasteiger partial charge in [0.05, 0.1) is 12.7 Å². The smallest absolute Gasteiger partial charge is 0.339 e. The molecule has 122 valence electrons. The molecular weight excluding hydrogens is 332 g/mol. The molecule has 7 nitrogen and oxygen atoms in total. The van der Waals surface area contributed by atoms with E-state index in [9.17, 15) is 14.9 Å². The van der Waals surface area contributed by atoms with Crippen molar-refractivity contribution >= 4 is 35.1 Å². The zero-order valence-electron chi connectivity index (χ0n) is 12.9. The summed E-state index contributed by atoms with van der Waals surface area (Å²) in [5.41, 5.74) is 0.881. The van der Waals surface area contributed by atoms with Gasteiger partial charge in [0, 0.05) is 16.4 Å². The molecule has 0 radical (unpaired) electrons. The summed E-state index contributed by atoms with van der Waals surface area (Å²) >= 11 is 5.85. The third-order valence-corrected chi connectivity index (χ3v) is 3.21. The second-order valence-corrected chi connectivity index (χ2v) is 5.16. The van der Waals surface area contributed by atoms with Gasteiger partial charge in [-0.05, 0) is 31.2 Å². The third-order valence-electron chi connectivity index (χ3n) is 2.98. The summed E-state index contributed by atoms with van der Waals surface area (Å²) in [6, 6.07) is 9.22. The minimum Gasteiger partial charge on any atom is -0.465 e. The number of hydrogen-bond acceptors (Lipinski definition) is 5. The highest BCUT2D eigenvalue weighted by Gasteiger charge is 2.19. The van der Waals surface area contributed by atoms with E-state index in [-0.39, 0.29) is 16.9 Å². The van der Waals surface area contributed by atoms with Crippen LogP contribution in [0.5, 0.6) is 0 Å². The zero-order chi connectivity index (χ0) is 17.7. The molecule has 1 heterocycles. The van der Waals surface area contributed by atoms with Gasteiger partial charge in [-0.1, -0.05) is 17.7 Å². The van der Waals surface area contributed by atoms with E-state index in [0.717, 1.165) is 0 Å². The van der Waals surface area contributed by atoms with Crippen molar-refractivity contribution in [2.24, 2.45) is 0 Å². The number of pyridine rings is 1. The van der Waals surface area contributed by atoms with Crippen LogP contribution >= 0.6 is 11.6 Å². The molecule has 2 aromatic rings. The van der Waals surface area contributed by atoms with E-state index in [4.69, 9.17) is 11.6 Å². The number of aromatic nitrogens is 1. The van der Waals surface area contributed by atoms with Crippen molar-refractivity contribution in [3.8, 4) is 6.07 Å². The first-order chi connectivity index (χ1) is 11.4. The van der Waals surface area contributed by atoms with Gasteiger partial charge in [0.2, 0.25) is 0 Å². The lowest BCUT2D eigenvalue weighted by Crippen LogP contribution is -2.22. The number of methoxy groups -OCH3 is 1. The molecule has 1 aromatic carbocycles. The quantitative estimate of drug-likeness (QED) is 0.831. The number of amides is 2. The van der Waals surface area contributed by atoms with Crippen LogP contribution in [0.15, 0.2) is 30.3 Å². The highest BCUT2D eigenvalue weighted by atomic mass is 35.5. The number of ether oxygens (including phenoxy) is 1. The molecule has 2 N–H and O–H groups in total. The van der Waals surface area contributed by atoms with Crippen molar-refractivity contribution in [3.05, 3.63) is 52.2 Å². The van der Waals surface area contributed by atoms with Crippen molar-refractivity contribution in [3.63, 3.8) is 0 Å². The largest absolute Gasteiger partial charge is 0.465 e. The number of nitrogens with one attached hydrogen (secondary N) is 2. The Balaban J connectivity index is 2.29. The van der Waals surface area contributed by atoms with Gasteiger partial charge in [0.25, 0.3) is 0 Å². The van der Waals surface area contributed by atoms with Crippen LogP contribution in [0.1, 0.15) is 21.6 Å². The number of carbonyl (C=O) groups is 2. The Labute approximate surface area is 143 Å². The van der Waals surface area contributed by atoms with Crippen LogP contribution in [0.4, 0.5) is 16.3 Å². The number of aryl methyl sites for hydroxylation is 1. The van der Waals surface area contributed by atoms with Crippen molar-refractivity contribution in [1.29, 1.82) is 5.26 Å². The number of nitriles is 1. The number of halogens is 1. The number of urea groups is 1. The van der Waals surface area contributed by atoms with Crippen molar-refractivity contribution in [2.45, 2.75) is 6.92 Å². The second kappa shape index (κ2) is 7.44. The van der Waals surface area contributed by atoms with Crippen LogP contribution in [0.3, 0.4) is 0 Å². The fourth-order valence-corrected chi connectivity index (χ4v) is 2.17. The summed E-state index contributed by atoms with van der Waals surface area (Å²) < 4.78 is 4.64. The van der Waals surface area contributed by atoms with Gasteiger partial charge in [0.15, 0.2) is 5.82 Å². The van der Waals surface area contributed by atoms with Gasteiger partial charge in [-0.25, -0.2) is 14.6 Å². The molecule has 1 aromatic heterocycles. The lowest BCUT2D eigenvalue weighted by atomic mass is 10.1. The molecule has 0 bridgehead atoms. The maximum Gasteiger partial charge on any atom is 0.339 e. The van der Waals surface area contributed by atoms with Crippen LogP contribution in [0.25, 0.3) is 0 Å². The molecule has 2 rings (SSSR count). The molecule has 0 unspecified atom stereocenters. The van der Waals surface area contributed by atoms with Crippen LogP contribution < -0.4 is 10.6 Å². The van der Waals surface area contributed by atoms with Gasteiger partial charge in [-0.2, -0.15) is 5.26 Å². The molecule has 0 saturated carbocycles. The summed E-state index contributed by atoms with van der Waals surface area (Å²) in [7, 11) is 1.21. The van der Waals surface area contributed by atoms with E-state index in [1.54, 1.807) is 31.2 Å². The summed E-state index contributed by atoms with van der Waals surface area (Å²) in [5.74, 6) is -0.715. The summed E-state index contributed by atoms with van der Waals surface area (Å²) in [6.45, 7) is 1.63. The van der Waals surface area contributed by atoms with E-state index in [0.29, 0.717) is 16.4 Å². The second-order valence-electron chi connectivity index (χ2n) is 4.73. The fraction of sp³-hybridized carbons (Fsp3) is 0.125. The Hall–Kier alpha value is -3.11. The predicted molar refractivity (Wildman–Crippen MR) is 89.1 cm³/mol. The fourth-order valence-electron chi connectivity index (χ4n) is 1.98. The van der Waals surface area contributed by atoms with E-state index < -0.39 is 12.0 Å². The van der Waals surface area contributed by atoms with Crippen LogP contribution in [0, 0.1) is 18.3 Å². The highest BCUT2D eigenvalue weighted by Crippen LogP contribution is 2.20. The van der Waals surface area contributed by atoms with Gasteiger partial charge in [-0.3, -0.25) is 5.32 Å². The first-order valence-corrected chi connectivity index (χ1v) is 7.16. The Morgan fingerprint density at radius 2 is 2.04 bits per heavy atom. The minimum atomic E-state index is -0.685. The molecule has 0 fully saturated rings. The standard InChI is InChI=1S/C16H13ClN4O3/c1-9-6-12(15(22)24-2)13(8-18)14(19-9)21-16(23)20-11-5-3-4-10(17)7-11/h3-7H,1-2H3,(H2,19,20,21,23). The van der Waals surface area contributed by atoms with E-state index in [1.807, 2.05) is 6.07 Å². The monoisotopic (exact) mass is 344 g/mol. The molecule has 0 spiro atoms.